The van der Waals surface area contributed by atoms with E-state index in [0.717, 1.165) is 51.9 Å². The molecule has 1 heterocycles. The highest BCUT2D eigenvalue weighted by Crippen LogP contribution is 2.37. The number of carbonyl (C=O) groups excluding carboxylic acids is 1. The maximum absolute atomic E-state index is 12.1. The Morgan fingerprint density at radius 2 is 2.12 bits per heavy atom. The summed E-state index contributed by atoms with van der Waals surface area (Å²) in [6.45, 7) is 2.86. The van der Waals surface area contributed by atoms with Gasteiger partial charge >= 0.3 is 0 Å². The van der Waals surface area contributed by atoms with Crippen molar-refractivity contribution in [3.05, 3.63) is 0 Å². The van der Waals surface area contributed by atoms with Gasteiger partial charge in [-0.2, -0.15) is 0 Å². The van der Waals surface area contributed by atoms with Crippen molar-refractivity contribution in [3.63, 3.8) is 0 Å². The average molecular weight is 263 g/mol. The Morgan fingerprint density at radius 3 is 2.65 bits per heavy atom. The quantitative estimate of drug-likeness (QED) is 0.797. The van der Waals surface area contributed by atoms with Crippen molar-refractivity contribution < 1.29 is 9.53 Å². The molecule has 2 rings (SSSR count). The first kappa shape index (κ1) is 14.7. The third-order valence-corrected chi connectivity index (χ3v) is 4.01. The average Bonchev–Trinajstić information content (AvgIpc) is 2.97. The summed E-state index contributed by atoms with van der Waals surface area (Å²) in [6.07, 6.45) is 5.25. The molecule has 0 bridgehead atoms. The van der Waals surface area contributed by atoms with E-state index in [0.29, 0.717) is 12.5 Å². The van der Waals surface area contributed by atoms with Gasteiger partial charge < -0.3 is 15.8 Å². The highest BCUT2D eigenvalue weighted by atomic mass is 35.5. The second-order valence-electron chi connectivity index (χ2n) is 5.13. The van der Waals surface area contributed by atoms with Crippen LogP contribution in [0.25, 0.3) is 0 Å². The van der Waals surface area contributed by atoms with Gasteiger partial charge in [-0.3, -0.25) is 4.79 Å². The summed E-state index contributed by atoms with van der Waals surface area (Å²) in [7, 11) is 0. The molecule has 0 radical (unpaired) electrons. The van der Waals surface area contributed by atoms with Crippen LogP contribution in [0.15, 0.2) is 0 Å². The second-order valence-corrected chi connectivity index (χ2v) is 5.13. The fourth-order valence-corrected chi connectivity index (χ4v) is 2.74. The second kappa shape index (κ2) is 6.57. The predicted molar refractivity (Wildman–Crippen MR) is 69.1 cm³/mol. The first-order chi connectivity index (χ1) is 7.77. The van der Waals surface area contributed by atoms with Crippen LogP contribution >= 0.6 is 12.4 Å². The van der Waals surface area contributed by atoms with Gasteiger partial charge in [0.05, 0.1) is 12.0 Å². The van der Waals surface area contributed by atoms with E-state index < -0.39 is 0 Å². The van der Waals surface area contributed by atoms with Crippen molar-refractivity contribution in [1.29, 1.82) is 0 Å². The molecule has 1 saturated carbocycles. The van der Waals surface area contributed by atoms with Crippen LogP contribution in [0.2, 0.25) is 0 Å². The van der Waals surface area contributed by atoms with Crippen molar-refractivity contribution in [2.24, 2.45) is 17.1 Å². The Morgan fingerprint density at radius 1 is 1.41 bits per heavy atom. The minimum atomic E-state index is -0.264. The molecular weight excluding hydrogens is 240 g/mol. The molecule has 0 aromatic rings. The molecule has 1 amide bonds. The molecule has 1 atom stereocenters. The van der Waals surface area contributed by atoms with Crippen molar-refractivity contribution in [2.75, 3.05) is 26.3 Å². The highest BCUT2D eigenvalue weighted by molar-refractivity contribution is 5.85. The van der Waals surface area contributed by atoms with Gasteiger partial charge in [0.25, 0.3) is 0 Å². The SMILES string of the molecule is Cl.NCC1(C(=O)NCC2CCOC2)CCCC1. The smallest absolute Gasteiger partial charge is 0.227 e. The molecule has 1 saturated heterocycles. The Kier molecular flexibility index (Phi) is 5.70. The first-order valence-corrected chi connectivity index (χ1v) is 6.33. The molecule has 1 aliphatic carbocycles. The molecule has 0 aromatic heterocycles. The van der Waals surface area contributed by atoms with Crippen LogP contribution in [0.4, 0.5) is 0 Å². The number of ether oxygens (including phenoxy) is 1. The van der Waals surface area contributed by atoms with Crippen LogP contribution < -0.4 is 11.1 Å². The maximum atomic E-state index is 12.1. The minimum absolute atomic E-state index is 0. The molecule has 5 heteroatoms. The zero-order chi connectivity index (χ0) is 11.4. The normalized spacial score (nSPS) is 26.5. The van der Waals surface area contributed by atoms with Gasteiger partial charge in [-0.15, -0.1) is 12.4 Å². The van der Waals surface area contributed by atoms with E-state index >= 15 is 0 Å². The van der Waals surface area contributed by atoms with Crippen molar-refractivity contribution in [2.45, 2.75) is 32.1 Å². The third kappa shape index (κ3) is 3.33. The van der Waals surface area contributed by atoms with E-state index in [1.54, 1.807) is 0 Å². The molecule has 4 nitrogen and oxygen atoms in total. The van der Waals surface area contributed by atoms with Crippen molar-refractivity contribution in [1.82, 2.24) is 5.32 Å². The molecule has 3 N–H and O–H groups in total. The number of hydrogen-bond acceptors (Lipinski definition) is 3. The maximum Gasteiger partial charge on any atom is 0.227 e. The molecule has 2 aliphatic rings. The van der Waals surface area contributed by atoms with Crippen molar-refractivity contribution in [3.8, 4) is 0 Å². The fourth-order valence-electron chi connectivity index (χ4n) is 2.74. The Labute approximate surface area is 109 Å². The lowest BCUT2D eigenvalue weighted by Gasteiger charge is -2.26. The lowest BCUT2D eigenvalue weighted by atomic mass is 9.85. The van der Waals surface area contributed by atoms with Crippen LogP contribution in [0.5, 0.6) is 0 Å². The summed E-state index contributed by atoms with van der Waals surface area (Å²) in [4.78, 5) is 12.1. The fraction of sp³-hybridized carbons (Fsp3) is 0.917. The van der Waals surface area contributed by atoms with E-state index in [2.05, 4.69) is 5.32 Å². The number of rotatable bonds is 4. The topological polar surface area (TPSA) is 64.4 Å². The minimum Gasteiger partial charge on any atom is -0.381 e. The van der Waals surface area contributed by atoms with Crippen LogP contribution in [0.3, 0.4) is 0 Å². The van der Waals surface area contributed by atoms with Crippen LogP contribution in [-0.4, -0.2) is 32.2 Å². The largest absolute Gasteiger partial charge is 0.381 e. The summed E-state index contributed by atoms with van der Waals surface area (Å²) in [5.41, 5.74) is 5.50. The Hall–Kier alpha value is -0.320. The number of amides is 1. The van der Waals surface area contributed by atoms with Crippen LogP contribution in [-0.2, 0) is 9.53 Å². The highest BCUT2D eigenvalue weighted by Gasteiger charge is 2.39. The number of hydrogen-bond donors (Lipinski definition) is 2. The van der Waals surface area contributed by atoms with Gasteiger partial charge in [0.1, 0.15) is 0 Å². The molecule has 0 spiro atoms. The number of nitrogens with two attached hydrogens (primary N) is 1. The van der Waals surface area contributed by atoms with E-state index in [-0.39, 0.29) is 23.7 Å². The number of carbonyl (C=O) groups is 1. The molecular formula is C12H23ClN2O2. The third-order valence-electron chi connectivity index (χ3n) is 4.01. The lowest BCUT2D eigenvalue weighted by Crippen LogP contribution is -2.45. The molecule has 1 aliphatic heterocycles. The number of halogens is 1. The van der Waals surface area contributed by atoms with Gasteiger partial charge in [0, 0.05) is 25.6 Å². The molecule has 17 heavy (non-hydrogen) atoms. The summed E-state index contributed by atoms with van der Waals surface area (Å²) in [5, 5.41) is 3.06. The van der Waals surface area contributed by atoms with Gasteiger partial charge in [-0.05, 0) is 19.3 Å². The summed E-state index contributed by atoms with van der Waals surface area (Å²) in [6, 6.07) is 0. The summed E-state index contributed by atoms with van der Waals surface area (Å²) in [5.74, 6) is 0.666. The lowest BCUT2D eigenvalue weighted by molar-refractivity contribution is -0.130. The van der Waals surface area contributed by atoms with Crippen molar-refractivity contribution >= 4 is 18.3 Å². The van der Waals surface area contributed by atoms with Crippen LogP contribution in [0.1, 0.15) is 32.1 Å². The monoisotopic (exact) mass is 262 g/mol. The Balaban J connectivity index is 0.00000144. The van der Waals surface area contributed by atoms with Crippen LogP contribution in [0, 0.1) is 11.3 Å². The van der Waals surface area contributed by atoms with E-state index in [9.17, 15) is 4.79 Å². The zero-order valence-corrected chi connectivity index (χ0v) is 11.1. The standard InChI is InChI=1S/C12H22N2O2.ClH/c13-9-12(4-1-2-5-12)11(15)14-7-10-3-6-16-8-10;/h10H,1-9,13H2,(H,14,15);1H. The number of nitrogens with one attached hydrogen (secondary N) is 1. The van der Waals surface area contributed by atoms with Gasteiger partial charge in [0.2, 0.25) is 5.91 Å². The van der Waals surface area contributed by atoms with E-state index in [1.807, 2.05) is 0 Å². The summed E-state index contributed by atoms with van der Waals surface area (Å²) < 4.78 is 5.29. The Bertz CT molecular complexity index is 249. The molecule has 1 unspecified atom stereocenters. The van der Waals surface area contributed by atoms with E-state index in [1.165, 1.54) is 0 Å². The molecule has 0 aromatic carbocycles. The molecule has 100 valence electrons. The zero-order valence-electron chi connectivity index (χ0n) is 10.2. The first-order valence-electron chi connectivity index (χ1n) is 6.33. The molecule has 2 fully saturated rings. The summed E-state index contributed by atoms with van der Waals surface area (Å²) >= 11 is 0. The van der Waals surface area contributed by atoms with Gasteiger partial charge in [-0.25, -0.2) is 0 Å². The van der Waals surface area contributed by atoms with Gasteiger partial charge in [-0.1, -0.05) is 12.8 Å². The predicted octanol–water partition coefficient (Wildman–Crippen LogP) is 1.08. The van der Waals surface area contributed by atoms with Gasteiger partial charge in [0.15, 0.2) is 0 Å². The van der Waals surface area contributed by atoms with E-state index in [4.69, 9.17) is 10.5 Å².